The van der Waals surface area contributed by atoms with Gasteiger partial charge in [0, 0.05) is 67.3 Å². The Labute approximate surface area is 226 Å². The molecule has 3 heterocycles. The number of methoxy groups -OCH3 is 3. The van der Waals surface area contributed by atoms with E-state index in [0.717, 1.165) is 16.9 Å². The predicted molar refractivity (Wildman–Crippen MR) is 139 cm³/mol. The highest BCUT2D eigenvalue weighted by Crippen LogP contribution is 2.32. The van der Waals surface area contributed by atoms with Gasteiger partial charge < -0.3 is 24.1 Å². The van der Waals surface area contributed by atoms with E-state index in [9.17, 15) is 22.8 Å². The zero-order valence-corrected chi connectivity index (χ0v) is 21.9. The lowest BCUT2D eigenvalue weighted by Crippen LogP contribution is -2.27. The number of halogens is 3. The van der Waals surface area contributed by atoms with Crippen molar-refractivity contribution in [3.05, 3.63) is 70.5 Å². The van der Waals surface area contributed by atoms with Crippen molar-refractivity contribution in [2.75, 3.05) is 33.3 Å². The van der Waals surface area contributed by atoms with Crippen LogP contribution in [0.25, 0.3) is 16.9 Å². The van der Waals surface area contributed by atoms with E-state index >= 15 is 0 Å². The van der Waals surface area contributed by atoms with Crippen molar-refractivity contribution < 1.29 is 32.2 Å². The molecule has 0 bridgehead atoms. The fraction of sp³-hybridized carbons (Fsp3) is 0.269. The number of hydrogen-bond donors (Lipinski definition) is 1. The molecule has 0 spiro atoms. The van der Waals surface area contributed by atoms with Gasteiger partial charge in [-0.3, -0.25) is 9.59 Å². The maximum absolute atomic E-state index is 13.4. The topological polar surface area (TPSA) is 122 Å². The van der Waals surface area contributed by atoms with Crippen LogP contribution in [0.2, 0.25) is 0 Å². The monoisotopic (exact) mass is 558 g/mol. The maximum atomic E-state index is 13.4. The van der Waals surface area contributed by atoms with Crippen LogP contribution in [0.5, 0.6) is 11.5 Å². The number of nitrogens with zero attached hydrogens (tertiary/aromatic N) is 5. The summed E-state index contributed by atoms with van der Waals surface area (Å²) in [6.45, 7) is 1.57. The van der Waals surface area contributed by atoms with Crippen LogP contribution >= 0.6 is 0 Å². The quantitative estimate of drug-likeness (QED) is 0.287. The van der Waals surface area contributed by atoms with Gasteiger partial charge in [0.1, 0.15) is 11.5 Å². The van der Waals surface area contributed by atoms with Crippen LogP contribution in [0.1, 0.15) is 23.0 Å². The number of carbonyl (C=O) groups is 1. The van der Waals surface area contributed by atoms with Gasteiger partial charge in [0.25, 0.3) is 5.56 Å². The molecule has 210 valence electrons. The Morgan fingerprint density at radius 2 is 1.77 bits per heavy atom. The van der Waals surface area contributed by atoms with Gasteiger partial charge in [-0.15, -0.1) is 0 Å². The Kier molecular flexibility index (Phi) is 8.18. The molecule has 0 fully saturated rings. The first-order chi connectivity index (χ1) is 19.0. The molecule has 0 saturated heterocycles. The molecule has 4 rings (SSSR count). The highest BCUT2D eigenvalue weighted by molar-refractivity contribution is 5.95. The summed E-state index contributed by atoms with van der Waals surface area (Å²) in [6.07, 6.45) is -0.753. The first-order valence-corrected chi connectivity index (χ1v) is 11.8. The molecule has 0 radical (unpaired) electrons. The lowest BCUT2D eigenvalue weighted by molar-refractivity contribution is -0.141. The largest absolute Gasteiger partial charge is 0.497 e. The summed E-state index contributed by atoms with van der Waals surface area (Å²) >= 11 is 0. The minimum atomic E-state index is -4.69. The number of alkyl halides is 3. The van der Waals surface area contributed by atoms with E-state index in [1.807, 2.05) is 0 Å². The van der Waals surface area contributed by atoms with Gasteiger partial charge in [-0.05, 0) is 19.1 Å². The van der Waals surface area contributed by atoms with Gasteiger partial charge in [-0.1, -0.05) is 0 Å². The van der Waals surface area contributed by atoms with E-state index in [-0.39, 0.29) is 36.0 Å². The Morgan fingerprint density at radius 3 is 2.35 bits per heavy atom. The van der Waals surface area contributed by atoms with Gasteiger partial charge in [0.05, 0.1) is 26.4 Å². The number of carbonyl (C=O) groups excluding carboxylic acids is 1. The summed E-state index contributed by atoms with van der Waals surface area (Å²) in [4.78, 5) is 33.8. The second-order valence-corrected chi connectivity index (χ2v) is 8.49. The summed E-state index contributed by atoms with van der Waals surface area (Å²) in [5.74, 6) is 0.474. The fourth-order valence-corrected chi connectivity index (χ4v) is 3.80. The molecule has 0 atom stereocenters. The summed E-state index contributed by atoms with van der Waals surface area (Å²) < 4.78 is 58.0. The smallest absolute Gasteiger partial charge is 0.435 e. The second-order valence-electron chi connectivity index (χ2n) is 8.49. The van der Waals surface area contributed by atoms with E-state index in [4.69, 9.17) is 14.2 Å². The molecule has 0 aliphatic carbocycles. The van der Waals surface area contributed by atoms with Crippen LogP contribution in [-0.4, -0.2) is 58.0 Å². The molecular formula is C26H25F3N6O5. The molecule has 4 aromatic rings. The van der Waals surface area contributed by atoms with Crippen molar-refractivity contribution in [3.8, 4) is 28.4 Å². The molecule has 14 heteroatoms. The minimum absolute atomic E-state index is 0.0256. The van der Waals surface area contributed by atoms with Gasteiger partial charge >= 0.3 is 6.18 Å². The number of hydrogen-bond acceptors (Lipinski definition) is 9. The fourth-order valence-electron chi connectivity index (χ4n) is 3.80. The summed E-state index contributed by atoms with van der Waals surface area (Å²) in [5, 5.41) is 6.65. The average molecular weight is 559 g/mol. The highest BCUT2D eigenvalue weighted by Gasteiger charge is 2.34. The lowest BCUT2D eigenvalue weighted by atomic mass is 10.1. The van der Waals surface area contributed by atoms with E-state index < -0.39 is 23.2 Å². The highest BCUT2D eigenvalue weighted by atomic mass is 19.4. The molecule has 3 aromatic heterocycles. The van der Waals surface area contributed by atoms with Crippen LogP contribution in [0.15, 0.2) is 53.7 Å². The van der Waals surface area contributed by atoms with Crippen molar-refractivity contribution in [3.63, 3.8) is 0 Å². The minimum Gasteiger partial charge on any atom is -0.497 e. The number of pyridine rings is 1. The van der Waals surface area contributed by atoms with Crippen molar-refractivity contribution in [2.24, 2.45) is 0 Å². The number of aromatic nitrogens is 5. The summed E-state index contributed by atoms with van der Waals surface area (Å²) in [6, 6.07) is 7.13. The van der Waals surface area contributed by atoms with Crippen LogP contribution in [0, 0.1) is 0 Å². The zero-order chi connectivity index (χ0) is 29.0. The van der Waals surface area contributed by atoms with Crippen LogP contribution < -0.4 is 20.3 Å². The Balaban J connectivity index is 1.89. The van der Waals surface area contributed by atoms with E-state index in [1.54, 1.807) is 18.2 Å². The molecule has 0 unspecified atom stereocenters. The van der Waals surface area contributed by atoms with Crippen LogP contribution in [0.3, 0.4) is 0 Å². The van der Waals surface area contributed by atoms with Crippen molar-refractivity contribution >= 4 is 17.4 Å². The third kappa shape index (κ3) is 6.12. The molecule has 1 N–H and O–H groups in total. The molecule has 0 amide bonds. The van der Waals surface area contributed by atoms with E-state index in [1.165, 1.54) is 51.3 Å². The molecule has 0 aliphatic rings. The molecule has 1 aromatic carbocycles. The number of ether oxygens (including phenoxy) is 3. The Bertz CT molecular complexity index is 1580. The standard InChI is InChI=1S/C26H25F3N6O5/c1-15(36)20-9-16(14-34(24(20)37)7-8-38-2)21-13-30-25(31-17-10-18(39-3)12-19(11-17)40-4)32-23(21)35-6-5-22(33-35)26(27,28)29/h5-6,9-14H,7-8H2,1-4H3,(H,30,31,32). The van der Waals surface area contributed by atoms with Gasteiger partial charge in [-0.25, -0.2) is 9.67 Å². The number of rotatable bonds is 10. The summed E-state index contributed by atoms with van der Waals surface area (Å²) in [5.41, 5.74) is -0.744. The van der Waals surface area contributed by atoms with Crippen molar-refractivity contribution in [1.82, 2.24) is 24.3 Å². The van der Waals surface area contributed by atoms with Gasteiger partial charge in [0.2, 0.25) is 5.95 Å². The first-order valence-electron chi connectivity index (χ1n) is 11.8. The molecule has 0 aliphatic heterocycles. The van der Waals surface area contributed by atoms with E-state index in [2.05, 4.69) is 20.4 Å². The zero-order valence-electron chi connectivity index (χ0n) is 21.9. The van der Waals surface area contributed by atoms with E-state index in [0.29, 0.717) is 22.7 Å². The average Bonchev–Trinajstić information content (AvgIpc) is 3.43. The second kappa shape index (κ2) is 11.6. The number of anilines is 2. The predicted octanol–water partition coefficient (Wildman–Crippen LogP) is 4.12. The van der Waals surface area contributed by atoms with Crippen LogP contribution in [-0.2, 0) is 17.5 Å². The molecule has 11 nitrogen and oxygen atoms in total. The number of benzene rings is 1. The maximum Gasteiger partial charge on any atom is 0.435 e. The first kappa shape index (κ1) is 28.3. The number of Topliss-reactive ketones (excluding diaryl/α,β-unsaturated/α-hetero) is 1. The number of ketones is 1. The van der Waals surface area contributed by atoms with Crippen LogP contribution in [0.4, 0.5) is 24.8 Å². The third-order valence-electron chi connectivity index (χ3n) is 5.79. The third-order valence-corrected chi connectivity index (χ3v) is 5.79. The SMILES string of the molecule is COCCn1cc(-c2cnc(Nc3cc(OC)cc(OC)c3)nc2-n2ccc(C(F)(F)F)n2)cc(C(C)=O)c1=O. The molecule has 0 saturated carbocycles. The lowest BCUT2D eigenvalue weighted by Gasteiger charge is -2.15. The Morgan fingerprint density at radius 1 is 1.07 bits per heavy atom. The van der Waals surface area contributed by atoms with Crippen molar-refractivity contribution in [2.45, 2.75) is 19.6 Å². The van der Waals surface area contributed by atoms with Gasteiger partial charge in [-0.2, -0.15) is 23.3 Å². The van der Waals surface area contributed by atoms with Crippen molar-refractivity contribution in [1.29, 1.82) is 0 Å². The molecule has 40 heavy (non-hydrogen) atoms. The number of nitrogens with one attached hydrogen (secondary N) is 1. The normalized spacial score (nSPS) is 11.4. The van der Waals surface area contributed by atoms with Gasteiger partial charge in [0.15, 0.2) is 17.3 Å². The molecular weight excluding hydrogens is 533 g/mol. The Hall–Kier alpha value is -4.72. The summed E-state index contributed by atoms with van der Waals surface area (Å²) in [7, 11) is 4.44.